The van der Waals surface area contributed by atoms with E-state index in [4.69, 9.17) is 0 Å². The van der Waals surface area contributed by atoms with Crippen molar-refractivity contribution in [2.45, 2.75) is 31.9 Å². The molecule has 1 aromatic carbocycles. The van der Waals surface area contributed by atoms with E-state index < -0.39 is 6.10 Å². The smallest absolute Gasteiger partial charge is 0.323 e. The first kappa shape index (κ1) is 17.4. The van der Waals surface area contributed by atoms with Crippen LogP contribution in [0.3, 0.4) is 0 Å². The highest BCUT2D eigenvalue weighted by molar-refractivity contribution is 5.99. The zero-order valence-electron chi connectivity index (χ0n) is 14.7. The largest absolute Gasteiger partial charge is 0.390 e. The Morgan fingerprint density at radius 3 is 2.84 bits per heavy atom. The van der Waals surface area contributed by atoms with Gasteiger partial charge in [-0.15, -0.1) is 0 Å². The van der Waals surface area contributed by atoms with Crippen LogP contribution in [0.4, 0.5) is 16.2 Å². The minimum Gasteiger partial charge on any atom is -0.390 e. The molecule has 3 rings (SSSR count). The van der Waals surface area contributed by atoms with E-state index in [1.807, 2.05) is 31.1 Å². The van der Waals surface area contributed by atoms with Crippen LogP contribution in [0.2, 0.25) is 0 Å². The van der Waals surface area contributed by atoms with E-state index in [2.05, 4.69) is 21.8 Å². The lowest BCUT2D eigenvalue weighted by molar-refractivity contribution is 0.116. The number of rotatable bonds is 6. The van der Waals surface area contributed by atoms with Crippen LogP contribution in [0.15, 0.2) is 30.6 Å². The number of aliphatic hydroxyl groups is 1. The van der Waals surface area contributed by atoms with E-state index in [0.717, 1.165) is 18.5 Å². The van der Waals surface area contributed by atoms with E-state index in [9.17, 15) is 9.90 Å². The normalized spacial score (nSPS) is 14.4. The predicted molar refractivity (Wildman–Crippen MR) is 97.9 cm³/mol. The van der Waals surface area contributed by atoms with Crippen molar-refractivity contribution in [3.05, 3.63) is 41.7 Å². The first-order valence-electron chi connectivity index (χ1n) is 8.54. The topological polar surface area (TPSA) is 82.4 Å². The minimum absolute atomic E-state index is 0.300. The highest BCUT2D eigenvalue weighted by atomic mass is 16.3. The summed E-state index contributed by atoms with van der Waals surface area (Å²) in [7, 11) is 3.81. The number of amides is 2. The number of aromatic nitrogens is 2. The fourth-order valence-corrected chi connectivity index (χ4v) is 3.17. The number of nitrogens with one attached hydrogen (secondary N) is 2. The molecule has 1 aromatic heterocycles. The van der Waals surface area contributed by atoms with Crippen molar-refractivity contribution in [3.8, 4) is 0 Å². The number of carbonyl (C=O) groups is 1. The summed E-state index contributed by atoms with van der Waals surface area (Å²) in [5, 5.41) is 19.7. The average Bonchev–Trinajstić information content (AvgIpc) is 3.15. The highest BCUT2D eigenvalue weighted by Gasteiger charge is 2.12. The van der Waals surface area contributed by atoms with Gasteiger partial charge in [0.25, 0.3) is 0 Å². The molecular weight excluding hydrogens is 318 g/mol. The Morgan fingerprint density at radius 2 is 2.04 bits per heavy atom. The second kappa shape index (κ2) is 7.67. The maximum Gasteiger partial charge on any atom is 0.323 e. The molecule has 0 bridgehead atoms. The summed E-state index contributed by atoms with van der Waals surface area (Å²) in [4.78, 5) is 14.1. The molecule has 1 aliphatic rings. The van der Waals surface area contributed by atoms with Gasteiger partial charge >= 0.3 is 6.03 Å². The van der Waals surface area contributed by atoms with Crippen LogP contribution in [0.25, 0.3) is 0 Å². The molecule has 7 nitrogen and oxygen atoms in total. The summed E-state index contributed by atoms with van der Waals surface area (Å²) in [5.74, 6) is 0. The van der Waals surface area contributed by atoms with Gasteiger partial charge in [-0.1, -0.05) is 6.07 Å². The van der Waals surface area contributed by atoms with Crippen LogP contribution in [0, 0.1) is 0 Å². The second-order valence-corrected chi connectivity index (χ2v) is 6.78. The SMILES string of the molecule is CN(C)C[C@H](O)Cn1cc(NC(=O)Nc2ccc3c(c2)CCC3)cn1. The zero-order chi connectivity index (χ0) is 17.8. The van der Waals surface area contributed by atoms with Crippen LogP contribution >= 0.6 is 0 Å². The number of carbonyl (C=O) groups excluding carboxylic acids is 1. The third kappa shape index (κ3) is 4.80. The van der Waals surface area contributed by atoms with Crippen molar-refractivity contribution in [3.63, 3.8) is 0 Å². The molecule has 0 radical (unpaired) electrons. The third-order valence-corrected chi connectivity index (χ3v) is 4.22. The van der Waals surface area contributed by atoms with Crippen molar-refractivity contribution in [1.82, 2.24) is 14.7 Å². The van der Waals surface area contributed by atoms with E-state index in [-0.39, 0.29) is 6.03 Å². The van der Waals surface area contributed by atoms with Gasteiger partial charge in [0, 0.05) is 18.4 Å². The van der Waals surface area contributed by atoms with Crippen molar-refractivity contribution in [2.24, 2.45) is 0 Å². The van der Waals surface area contributed by atoms with Crippen LogP contribution in [0.5, 0.6) is 0 Å². The number of fused-ring (bicyclic) bond motifs is 1. The molecule has 0 saturated heterocycles. The van der Waals surface area contributed by atoms with Crippen molar-refractivity contribution < 1.29 is 9.90 Å². The molecule has 3 N–H and O–H groups in total. The maximum absolute atomic E-state index is 12.1. The zero-order valence-corrected chi connectivity index (χ0v) is 14.7. The second-order valence-electron chi connectivity index (χ2n) is 6.78. The van der Waals surface area contributed by atoms with Gasteiger partial charge in [-0.2, -0.15) is 5.10 Å². The van der Waals surface area contributed by atoms with Crippen LogP contribution in [-0.2, 0) is 19.4 Å². The molecule has 2 amide bonds. The Kier molecular flexibility index (Phi) is 5.35. The summed E-state index contributed by atoms with van der Waals surface area (Å²) < 4.78 is 1.62. The molecule has 1 heterocycles. The fraction of sp³-hybridized carbons (Fsp3) is 0.444. The molecule has 0 aliphatic heterocycles. The Bertz CT molecular complexity index is 741. The third-order valence-electron chi connectivity index (χ3n) is 4.22. The number of hydrogen-bond acceptors (Lipinski definition) is 4. The van der Waals surface area contributed by atoms with Crippen molar-refractivity contribution in [1.29, 1.82) is 0 Å². The predicted octanol–water partition coefficient (Wildman–Crippen LogP) is 1.94. The molecule has 1 atom stereocenters. The van der Waals surface area contributed by atoms with Gasteiger partial charge in [0.2, 0.25) is 0 Å². The number of benzene rings is 1. The first-order chi connectivity index (χ1) is 12.0. The van der Waals surface area contributed by atoms with Crippen molar-refractivity contribution in [2.75, 3.05) is 31.3 Å². The Labute approximate surface area is 147 Å². The maximum atomic E-state index is 12.1. The molecule has 0 fully saturated rings. The van der Waals surface area contributed by atoms with Gasteiger partial charge in [0.05, 0.1) is 24.5 Å². The monoisotopic (exact) mass is 343 g/mol. The minimum atomic E-state index is -0.511. The molecule has 0 unspecified atom stereocenters. The molecule has 134 valence electrons. The number of hydrogen-bond donors (Lipinski definition) is 3. The molecule has 0 spiro atoms. The van der Waals surface area contributed by atoms with Gasteiger partial charge in [-0.3, -0.25) is 4.68 Å². The van der Waals surface area contributed by atoms with Crippen LogP contribution < -0.4 is 10.6 Å². The Morgan fingerprint density at radius 1 is 1.28 bits per heavy atom. The first-order valence-corrected chi connectivity index (χ1v) is 8.54. The number of likely N-dealkylation sites (N-methyl/N-ethyl adjacent to an activating group) is 1. The number of aliphatic hydroxyl groups excluding tert-OH is 1. The fourth-order valence-electron chi connectivity index (χ4n) is 3.17. The van der Waals surface area contributed by atoms with Gasteiger partial charge < -0.3 is 20.6 Å². The van der Waals surface area contributed by atoms with E-state index in [1.54, 1.807) is 17.1 Å². The molecule has 0 saturated carbocycles. The molecule has 25 heavy (non-hydrogen) atoms. The number of urea groups is 1. The lowest BCUT2D eigenvalue weighted by Crippen LogP contribution is -2.29. The van der Waals surface area contributed by atoms with Gasteiger partial charge in [-0.05, 0) is 56.6 Å². The Balaban J connectivity index is 1.53. The number of nitrogens with zero attached hydrogens (tertiary/aromatic N) is 3. The van der Waals surface area contributed by atoms with Crippen LogP contribution in [-0.4, -0.2) is 52.6 Å². The Hall–Kier alpha value is -2.38. The summed E-state index contributed by atoms with van der Waals surface area (Å²) in [6.07, 6.45) is 6.16. The molecule has 2 aromatic rings. The van der Waals surface area contributed by atoms with Crippen LogP contribution in [0.1, 0.15) is 17.5 Å². The lowest BCUT2D eigenvalue weighted by Gasteiger charge is -2.15. The average molecular weight is 343 g/mol. The summed E-state index contributed by atoms with van der Waals surface area (Å²) in [5.41, 5.74) is 4.09. The summed E-state index contributed by atoms with van der Waals surface area (Å²) in [6, 6.07) is 5.77. The lowest BCUT2D eigenvalue weighted by atomic mass is 10.1. The van der Waals surface area contributed by atoms with E-state index >= 15 is 0 Å². The van der Waals surface area contributed by atoms with Gasteiger partial charge in [0.1, 0.15) is 0 Å². The van der Waals surface area contributed by atoms with Gasteiger partial charge in [-0.25, -0.2) is 4.79 Å². The van der Waals surface area contributed by atoms with E-state index in [1.165, 1.54) is 17.5 Å². The number of aryl methyl sites for hydroxylation is 2. The number of anilines is 2. The summed E-state index contributed by atoms with van der Waals surface area (Å²) in [6.45, 7) is 0.938. The van der Waals surface area contributed by atoms with E-state index in [0.29, 0.717) is 18.8 Å². The summed E-state index contributed by atoms with van der Waals surface area (Å²) >= 11 is 0. The van der Waals surface area contributed by atoms with Crippen molar-refractivity contribution >= 4 is 17.4 Å². The highest BCUT2D eigenvalue weighted by Crippen LogP contribution is 2.24. The standard InChI is InChI=1S/C18H25N5O2/c1-22(2)11-17(24)12-23-10-16(9-19-23)21-18(25)20-15-7-6-13-4-3-5-14(13)8-15/h6-10,17,24H,3-5,11-12H2,1-2H3,(H2,20,21,25)/t17-/m0/s1. The molecule has 7 heteroatoms. The quantitative estimate of drug-likeness (QED) is 0.749. The van der Waals surface area contributed by atoms with Gasteiger partial charge in [0.15, 0.2) is 0 Å². The molecular formula is C18H25N5O2. The molecule has 1 aliphatic carbocycles.